The lowest BCUT2D eigenvalue weighted by Crippen LogP contribution is -2.42. The van der Waals surface area contributed by atoms with E-state index in [1.807, 2.05) is 25.1 Å². The van der Waals surface area contributed by atoms with Crippen molar-refractivity contribution in [3.05, 3.63) is 30.1 Å². The monoisotopic (exact) mass is 481 g/mol. The van der Waals surface area contributed by atoms with Gasteiger partial charge in [0, 0.05) is 51.0 Å². The van der Waals surface area contributed by atoms with E-state index < -0.39 is 9.84 Å². The first-order valence-electron chi connectivity index (χ1n) is 8.44. The predicted octanol–water partition coefficient (Wildman–Crippen LogP) is 0.528. The number of rotatable bonds is 7. The van der Waals surface area contributed by atoms with E-state index in [1.165, 1.54) is 0 Å². The minimum absolute atomic E-state index is 0. The van der Waals surface area contributed by atoms with Crippen LogP contribution in [0.25, 0.3) is 0 Å². The van der Waals surface area contributed by atoms with Gasteiger partial charge in [-0.15, -0.1) is 24.0 Å². The van der Waals surface area contributed by atoms with Crippen molar-refractivity contribution >= 4 is 39.8 Å². The molecular weight excluding hydrogens is 453 g/mol. The largest absolute Gasteiger partial charge is 0.357 e. The molecule has 0 amide bonds. The first kappa shape index (κ1) is 22.1. The normalized spacial score (nSPS) is 17.6. The molecule has 0 unspecified atom stereocenters. The molecule has 2 heterocycles. The molecular formula is C16H28IN5O2S. The molecule has 2 rings (SSSR count). The van der Waals surface area contributed by atoms with E-state index in [2.05, 4.69) is 25.5 Å². The second-order valence-electron chi connectivity index (χ2n) is 5.75. The van der Waals surface area contributed by atoms with Crippen molar-refractivity contribution in [2.75, 3.05) is 50.8 Å². The smallest absolute Gasteiger partial charge is 0.191 e. The van der Waals surface area contributed by atoms with Crippen molar-refractivity contribution in [2.24, 2.45) is 4.99 Å². The van der Waals surface area contributed by atoms with Gasteiger partial charge in [-0.1, -0.05) is 6.07 Å². The van der Waals surface area contributed by atoms with Crippen molar-refractivity contribution in [3.8, 4) is 0 Å². The average Bonchev–Trinajstić information content (AvgIpc) is 2.57. The van der Waals surface area contributed by atoms with Gasteiger partial charge in [-0.2, -0.15) is 0 Å². The van der Waals surface area contributed by atoms with Crippen LogP contribution in [-0.2, 0) is 16.3 Å². The molecule has 1 fully saturated rings. The van der Waals surface area contributed by atoms with Crippen LogP contribution in [0.4, 0.5) is 0 Å². The Balaban J connectivity index is 0.00000312. The van der Waals surface area contributed by atoms with E-state index in [-0.39, 0.29) is 35.5 Å². The zero-order valence-electron chi connectivity index (χ0n) is 14.6. The topological polar surface area (TPSA) is 86.7 Å². The zero-order valence-corrected chi connectivity index (χ0v) is 17.8. The molecule has 2 N–H and O–H groups in total. The van der Waals surface area contributed by atoms with E-state index in [0.29, 0.717) is 19.6 Å². The number of hydrogen-bond acceptors (Lipinski definition) is 5. The highest BCUT2D eigenvalue weighted by atomic mass is 127. The molecule has 0 aliphatic carbocycles. The Morgan fingerprint density at radius 1 is 1.28 bits per heavy atom. The quantitative estimate of drug-likeness (QED) is 0.336. The average molecular weight is 481 g/mol. The van der Waals surface area contributed by atoms with Gasteiger partial charge in [0.2, 0.25) is 0 Å². The molecule has 0 bridgehead atoms. The van der Waals surface area contributed by atoms with Crippen LogP contribution in [0.3, 0.4) is 0 Å². The summed E-state index contributed by atoms with van der Waals surface area (Å²) in [4.78, 5) is 11.0. The van der Waals surface area contributed by atoms with Crippen LogP contribution in [-0.4, -0.2) is 75.0 Å². The number of guanidine groups is 1. The van der Waals surface area contributed by atoms with E-state index in [4.69, 9.17) is 0 Å². The van der Waals surface area contributed by atoms with Crippen LogP contribution in [0, 0.1) is 0 Å². The molecule has 25 heavy (non-hydrogen) atoms. The summed E-state index contributed by atoms with van der Waals surface area (Å²) in [5.74, 6) is 1.32. The summed E-state index contributed by atoms with van der Waals surface area (Å²) in [5, 5.41) is 6.53. The van der Waals surface area contributed by atoms with Gasteiger partial charge in [0.15, 0.2) is 15.8 Å². The van der Waals surface area contributed by atoms with Crippen molar-refractivity contribution in [1.29, 1.82) is 0 Å². The minimum atomic E-state index is -2.81. The van der Waals surface area contributed by atoms with Crippen LogP contribution < -0.4 is 10.6 Å². The number of halogens is 1. The third kappa shape index (κ3) is 8.82. The molecule has 0 spiro atoms. The molecule has 0 aromatic carbocycles. The highest BCUT2D eigenvalue weighted by Crippen LogP contribution is 2.02. The molecule has 0 saturated carbocycles. The molecule has 0 atom stereocenters. The third-order valence-electron chi connectivity index (χ3n) is 3.87. The summed E-state index contributed by atoms with van der Waals surface area (Å²) in [7, 11) is -2.81. The number of nitrogens with zero attached hydrogens (tertiary/aromatic N) is 3. The summed E-state index contributed by atoms with van der Waals surface area (Å²) in [6.07, 6.45) is 2.64. The van der Waals surface area contributed by atoms with E-state index in [0.717, 1.165) is 37.7 Å². The molecule has 1 aromatic heterocycles. The Kier molecular flexibility index (Phi) is 10.3. The van der Waals surface area contributed by atoms with Crippen molar-refractivity contribution < 1.29 is 8.42 Å². The maximum absolute atomic E-state index is 11.4. The Labute approximate surface area is 167 Å². The Hall–Kier alpha value is -0.940. The molecule has 9 heteroatoms. The van der Waals surface area contributed by atoms with Crippen molar-refractivity contribution in [3.63, 3.8) is 0 Å². The third-order valence-corrected chi connectivity index (χ3v) is 5.48. The van der Waals surface area contributed by atoms with Crippen LogP contribution in [0.2, 0.25) is 0 Å². The maximum atomic E-state index is 11.4. The van der Waals surface area contributed by atoms with Gasteiger partial charge in [0.25, 0.3) is 0 Å². The number of aromatic nitrogens is 1. The van der Waals surface area contributed by atoms with Gasteiger partial charge < -0.3 is 10.6 Å². The van der Waals surface area contributed by atoms with Gasteiger partial charge in [-0.3, -0.25) is 14.9 Å². The SMILES string of the molecule is CCNC(=NCCN1CCS(=O)(=O)CC1)NCCc1ccccn1.I. The fraction of sp³-hybridized carbons (Fsp3) is 0.625. The first-order valence-corrected chi connectivity index (χ1v) is 10.3. The Bertz CT molecular complexity index is 611. The van der Waals surface area contributed by atoms with Crippen molar-refractivity contribution in [2.45, 2.75) is 13.3 Å². The Morgan fingerprint density at radius 3 is 2.68 bits per heavy atom. The molecule has 1 saturated heterocycles. The van der Waals surface area contributed by atoms with Crippen LogP contribution in [0.5, 0.6) is 0 Å². The van der Waals surface area contributed by atoms with E-state index in [1.54, 1.807) is 6.20 Å². The molecule has 142 valence electrons. The summed E-state index contributed by atoms with van der Waals surface area (Å²) in [5.41, 5.74) is 1.05. The second kappa shape index (κ2) is 11.6. The number of aliphatic imine (C=N–C) groups is 1. The van der Waals surface area contributed by atoms with Crippen LogP contribution >= 0.6 is 24.0 Å². The molecule has 1 aliphatic rings. The fourth-order valence-electron chi connectivity index (χ4n) is 2.47. The lowest BCUT2D eigenvalue weighted by atomic mass is 10.3. The minimum Gasteiger partial charge on any atom is -0.357 e. The highest BCUT2D eigenvalue weighted by molar-refractivity contribution is 14.0. The molecule has 0 radical (unpaired) electrons. The lowest BCUT2D eigenvalue weighted by Gasteiger charge is -2.25. The standard InChI is InChI=1S/C16H27N5O2S.HI/c1-2-17-16(19-8-6-15-5-3-4-7-18-15)20-9-10-21-11-13-24(22,23)14-12-21;/h3-5,7H,2,6,8-14H2,1H3,(H2,17,19,20);1H. The summed E-state index contributed by atoms with van der Waals surface area (Å²) in [6.45, 7) is 6.27. The number of pyridine rings is 1. The van der Waals surface area contributed by atoms with E-state index in [9.17, 15) is 8.42 Å². The summed E-state index contributed by atoms with van der Waals surface area (Å²) < 4.78 is 22.8. The van der Waals surface area contributed by atoms with Crippen LogP contribution in [0.15, 0.2) is 29.4 Å². The predicted molar refractivity (Wildman–Crippen MR) is 112 cm³/mol. The number of nitrogens with one attached hydrogen (secondary N) is 2. The highest BCUT2D eigenvalue weighted by Gasteiger charge is 2.20. The fourth-order valence-corrected chi connectivity index (χ4v) is 3.75. The van der Waals surface area contributed by atoms with Gasteiger partial charge in [-0.25, -0.2) is 8.42 Å². The van der Waals surface area contributed by atoms with E-state index >= 15 is 0 Å². The van der Waals surface area contributed by atoms with Gasteiger partial charge in [0.1, 0.15) is 0 Å². The molecule has 7 nitrogen and oxygen atoms in total. The van der Waals surface area contributed by atoms with Gasteiger partial charge in [0.05, 0.1) is 18.1 Å². The van der Waals surface area contributed by atoms with Crippen molar-refractivity contribution in [1.82, 2.24) is 20.5 Å². The summed E-state index contributed by atoms with van der Waals surface area (Å²) >= 11 is 0. The number of hydrogen-bond donors (Lipinski definition) is 2. The lowest BCUT2D eigenvalue weighted by molar-refractivity contribution is 0.304. The van der Waals surface area contributed by atoms with Crippen LogP contribution in [0.1, 0.15) is 12.6 Å². The second-order valence-corrected chi connectivity index (χ2v) is 8.06. The molecule has 1 aliphatic heterocycles. The van der Waals surface area contributed by atoms with Gasteiger partial charge in [-0.05, 0) is 19.1 Å². The zero-order chi connectivity index (χ0) is 17.3. The summed E-state index contributed by atoms with van der Waals surface area (Å²) in [6, 6.07) is 5.91. The maximum Gasteiger partial charge on any atom is 0.191 e. The molecule has 1 aromatic rings. The Morgan fingerprint density at radius 2 is 2.04 bits per heavy atom. The first-order chi connectivity index (χ1) is 11.6. The number of sulfone groups is 1. The van der Waals surface area contributed by atoms with Gasteiger partial charge >= 0.3 is 0 Å².